The second-order valence-electron chi connectivity index (χ2n) is 4.84. The molecule has 0 aromatic heterocycles. The van der Waals surface area contributed by atoms with Gasteiger partial charge in [0.25, 0.3) is 5.91 Å². The van der Waals surface area contributed by atoms with E-state index in [1.54, 1.807) is 0 Å². The molecule has 1 unspecified atom stereocenters. The van der Waals surface area contributed by atoms with Crippen LogP contribution in [0.3, 0.4) is 0 Å². The fourth-order valence-corrected chi connectivity index (χ4v) is 2.19. The first-order chi connectivity index (χ1) is 10.9. The van der Waals surface area contributed by atoms with E-state index in [9.17, 15) is 19.1 Å². The first kappa shape index (κ1) is 16.8. The minimum atomic E-state index is -1.11. The zero-order chi connectivity index (χ0) is 17.0. The van der Waals surface area contributed by atoms with E-state index in [1.165, 1.54) is 42.5 Å². The van der Waals surface area contributed by atoms with Gasteiger partial charge in [-0.05, 0) is 35.9 Å². The summed E-state index contributed by atoms with van der Waals surface area (Å²) in [5, 5.41) is 20.9. The minimum Gasteiger partial charge on any atom is -0.506 e. The average molecular weight is 338 g/mol. The van der Waals surface area contributed by atoms with E-state index in [1.807, 2.05) is 0 Å². The number of nitrogens with one attached hydrogen (secondary N) is 1. The number of carbonyl (C=O) groups excluding carboxylic acids is 1. The summed E-state index contributed by atoms with van der Waals surface area (Å²) in [6, 6.07) is 8.27. The predicted octanol–water partition coefficient (Wildman–Crippen LogP) is 3.13. The highest BCUT2D eigenvalue weighted by Gasteiger charge is 2.19. The summed E-state index contributed by atoms with van der Waals surface area (Å²) < 4.78 is 13.0. The van der Waals surface area contributed by atoms with E-state index in [0.29, 0.717) is 5.56 Å². The van der Waals surface area contributed by atoms with Crippen molar-refractivity contribution in [1.29, 1.82) is 0 Å². The third kappa shape index (κ3) is 4.43. The molecule has 0 radical (unpaired) electrons. The molecule has 120 valence electrons. The average Bonchev–Trinajstić information content (AvgIpc) is 2.49. The smallest absolute Gasteiger partial charge is 0.305 e. The number of carboxylic acid groups (broad SMARTS) is 1. The maximum absolute atomic E-state index is 13.0. The Hall–Kier alpha value is -2.60. The summed E-state index contributed by atoms with van der Waals surface area (Å²) in [5.41, 5.74) is 0.636. The number of phenolic OH excluding ortho intramolecular Hbond substituents is 1. The number of hydrogen-bond acceptors (Lipinski definition) is 3. The normalized spacial score (nSPS) is 11.7. The van der Waals surface area contributed by atoms with Gasteiger partial charge in [0.15, 0.2) is 0 Å². The molecular weight excluding hydrogens is 325 g/mol. The topological polar surface area (TPSA) is 86.6 Å². The van der Waals surface area contributed by atoms with Gasteiger partial charge >= 0.3 is 5.97 Å². The Balaban J connectivity index is 2.22. The number of aliphatic carboxylic acids is 1. The minimum absolute atomic E-state index is 0.00853. The van der Waals surface area contributed by atoms with Crippen molar-refractivity contribution < 1.29 is 24.2 Å². The molecule has 0 aliphatic carbocycles. The van der Waals surface area contributed by atoms with E-state index in [2.05, 4.69) is 5.32 Å². The zero-order valence-electron chi connectivity index (χ0n) is 11.8. The second-order valence-corrected chi connectivity index (χ2v) is 5.25. The van der Waals surface area contributed by atoms with Gasteiger partial charge in [0.1, 0.15) is 11.6 Å². The third-order valence-electron chi connectivity index (χ3n) is 3.17. The Morgan fingerprint density at radius 2 is 1.83 bits per heavy atom. The largest absolute Gasteiger partial charge is 0.506 e. The predicted molar refractivity (Wildman–Crippen MR) is 82.0 cm³/mol. The monoisotopic (exact) mass is 337 g/mol. The van der Waals surface area contributed by atoms with E-state index in [0.717, 1.165) is 0 Å². The number of carboxylic acids is 1. The first-order valence-electron chi connectivity index (χ1n) is 6.63. The van der Waals surface area contributed by atoms with Crippen LogP contribution in [0.15, 0.2) is 42.5 Å². The highest BCUT2D eigenvalue weighted by molar-refractivity contribution is 6.32. The van der Waals surface area contributed by atoms with E-state index >= 15 is 0 Å². The summed E-state index contributed by atoms with van der Waals surface area (Å²) in [4.78, 5) is 23.2. The molecule has 3 N–H and O–H groups in total. The van der Waals surface area contributed by atoms with Crippen LogP contribution in [-0.4, -0.2) is 22.1 Å². The molecule has 0 fully saturated rings. The van der Waals surface area contributed by atoms with E-state index in [4.69, 9.17) is 16.7 Å². The van der Waals surface area contributed by atoms with Crippen LogP contribution in [0.4, 0.5) is 4.39 Å². The molecule has 0 bridgehead atoms. The molecule has 0 aliphatic rings. The lowest BCUT2D eigenvalue weighted by Crippen LogP contribution is -2.30. The van der Waals surface area contributed by atoms with Crippen LogP contribution in [-0.2, 0) is 4.79 Å². The van der Waals surface area contributed by atoms with Crippen LogP contribution in [0.2, 0.25) is 5.02 Å². The van der Waals surface area contributed by atoms with Crippen LogP contribution in [0.1, 0.15) is 28.4 Å². The number of phenols is 1. The summed E-state index contributed by atoms with van der Waals surface area (Å²) in [5.74, 6) is -2.28. The van der Waals surface area contributed by atoms with Crippen LogP contribution in [0, 0.1) is 5.82 Å². The van der Waals surface area contributed by atoms with Crippen molar-refractivity contribution in [3.05, 3.63) is 64.4 Å². The molecular formula is C16H13ClFNO4. The highest BCUT2D eigenvalue weighted by atomic mass is 35.5. The summed E-state index contributed by atoms with van der Waals surface area (Å²) in [7, 11) is 0. The Bertz CT molecular complexity index is 733. The Kier molecular flexibility index (Phi) is 5.18. The molecule has 7 heteroatoms. The van der Waals surface area contributed by atoms with Crippen molar-refractivity contribution in [3.63, 3.8) is 0 Å². The lowest BCUT2D eigenvalue weighted by Gasteiger charge is -2.17. The summed E-state index contributed by atoms with van der Waals surface area (Å²) >= 11 is 5.75. The SMILES string of the molecule is O=C(O)CC(NC(=O)c1ccc(O)c(Cl)c1)c1ccc(F)cc1. The molecule has 23 heavy (non-hydrogen) atoms. The number of carbonyl (C=O) groups is 2. The molecule has 1 atom stereocenters. The third-order valence-corrected chi connectivity index (χ3v) is 3.47. The van der Waals surface area contributed by atoms with Gasteiger partial charge in [0, 0.05) is 5.56 Å². The lowest BCUT2D eigenvalue weighted by molar-refractivity contribution is -0.137. The maximum Gasteiger partial charge on any atom is 0.305 e. The number of amides is 1. The van der Waals surface area contributed by atoms with Crippen LogP contribution in [0.25, 0.3) is 0 Å². The van der Waals surface area contributed by atoms with E-state index < -0.39 is 23.7 Å². The molecule has 5 nitrogen and oxygen atoms in total. The first-order valence-corrected chi connectivity index (χ1v) is 7.01. The molecule has 2 rings (SSSR count). The van der Waals surface area contributed by atoms with Crippen molar-refractivity contribution in [3.8, 4) is 5.75 Å². The summed E-state index contributed by atoms with van der Waals surface area (Å²) in [6.45, 7) is 0. The number of benzene rings is 2. The van der Waals surface area contributed by atoms with Gasteiger partial charge in [0.05, 0.1) is 17.5 Å². The zero-order valence-corrected chi connectivity index (χ0v) is 12.5. The maximum atomic E-state index is 13.0. The van der Waals surface area contributed by atoms with Gasteiger partial charge in [-0.3, -0.25) is 9.59 Å². The molecule has 0 aliphatic heterocycles. The van der Waals surface area contributed by atoms with Gasteiger partial charge < -0.3 is 15.5 Å². The second kappa shape index (κ2) is 7.11. The number of hydrogen-bond donors (Lipinski definition) is 3. The van der Waals surface area contributed by atoms with Crippen LogP contribution < -0.4 is 5.32 Å². The van der Waals surface area contributed by atoms with Crippen molar-refractivity contribution in [1.82, 2.24) is 5.32 Å². The Morgan fingerprint density at radius 3 is 2.39 bits per heavy atom. The fraction of sp³-hybridized carbons (Fsp3) is 0.125. The van der Waals surface area contributed by atoms with Crippen molar-refractivity contribution >= 4 is 23.5 Å². The lowest BCUT2D eigenvalue weighted by atomic mass is 10.0. The number of rotatable bonds is 5. The molecule has 2 aromatic carbocycles. The van der Waals surface area contributed by atoms with Crippen LogP contribution in [0.5, 0.6) is 5.75 Å². The highest BCUT2D eigenvalue weighted by Crippen LogP contribution is 2.24. The van der Waals surface area contributed by atoms with Crippen molar-refractivity contribution in [2.24, 2.45) is 0 Å². The Morgan fingerprint density at radius 1 is 1.17 bits per heavy atom. The number of aromatic hydroxyl groups is 1. The molecule has 0 heterocycles. The molecule has 0 saturated carbocycles. The quantitative estimate of drug-likeness (QED) is 0.782. The van der Waals surface area contributed by atoms with Gasteiger partial charge in [-0.2, -0.15) is 0 Å². The molecule has 1 amide bonds. The van der Waals surface area contributed by atoms with Crippen molar-refractivity contribution in [2.75, 3.05) is 0 Å². The van der Waals surface area contributed by atoms with Gasteiger partial charge in [-0.25, -0.2) is 4.39 Å². The molecule has 2 aromatic rings. The van der Waals surface area contributed by atoms with Crippen molar-refractivity contribution in [2.45, 2.75) is 12.5 Å². The van der Waals surface area contributed by atoms with Gasteiger partial charge in [0.2, 0.25) is 0 Å². The van der Waals surface area contributed by atoms with Gasteiger partial charge in [-0.1, -0.05) is 23.7 Å². The van der Waals surface area contributed by atoms with Gasteiger partial charge in [-0.15, -0.1) is 0 Å². The Labute approximate surface area is 136 Å². The van der Waals surface area contributed by atoms with Crippen LogP contribution >= 0.6 is 11.6 Å². The summed E-state index contributed by atoms with van der Waals surface area (Å²) in [6.07, 6.45) is -0.358. The number of halogens is 2. The fourth-order valence-electron chi connectivity index (χ4n) is 2.01. The standard InChI is InChI=1S/C16H13ClFNO4/c17-12-7-10(3-6-14(12)20)16(23)19-13(8-15(21)22)9-1-4-11(18)5-2-9/h1-7,13,20H,8H2,(H,19,23)(H,21,22). The molecule has 0 spiro atoms. The van der Waals surface area contributed by atoms with E-state index in [-0.39, 0.29) is 22.8 Å². The molecule has 0 saturated heterocycles.